The van der Waals surface area contributed by atoms with Crippen LogP contribution in [0, 0.1) is 5.41 Å². The quantitative estimate of drug-likeness (QED) is 0.528. The van der Waals surface area contributed by atoms with Crippen LogP contribution in [0.5, 0.6) is 0 Å². The van der Waals surface area contributed by atoms with Gasteiger partial charge in [0.15, 0.2) is 0 Å². The van der Waals surface area contributed by atoms with E-state index in [4.69, 9.17) is 4.74 Å². The number of carbonyl (C=O) groups excluding carboxylic acids is 1. The van der Waals surface area contributed by atoms with Gasteiger partial charge in [0, 0.05) is 30.9 Å². The Morgan fingerprint density at radius 2 is 2.03 bits per heavy atom. The van der Waals surface area contributed by atoms with Gasteiger partial charge in [-0.25, -0.2) is 9.67 Å². The number of benzene rings is 1. The van der Waals surface area contributed by atoms with Gasteiger partial charge >= 0.3 is 0 Å². The summed E-state index contributed by atoms with van der Waals surface area (Å²) >= 11 is 0. The fraction of sp³-hybridized carbons (Fsp3) is 0.333. The van der Waals surface area contributed by atoms with Crippen LogP contribution in [0.15, 0.2) is 55.0 Å². The molecule has 0 radical (unpaired) electrons. The van der Waals surface area contributed by atoms with Crippen LogP contribution in [0.2, 0.25) is 0 Å². The molecule has 32 heavy (non-hydrogen) atoms. The number of nitrogens with zero attached hydrogens (tertiary/aromatic N) is 5. The number of aryl methyl sites for hydroxylation is 1. The topological polar surface area (TPSA) is 86.9 Å². The molecule has 162 valence electrons. The Kier molecular flexibility index (Phi) is 4.36. The van der Waals surface area contributed by atoms with Gasteiger partial charge in [-0.05, 0) is 54.7 Å². The zero-order valence-electron chi connectivity index (χ0n) is 17.9. The average Bonchev–Trinajstić information content (AvgIpc) is 3.40. The maximum absolute atomic E-state index is 13.0. The predicted octanol–water partition coefficient (Wildman–Crippen LogP) is 2.65. The van der Waals surface area contributed by atoms with Crippen molar-refractivity contribution in [2.45, 2.75) is 25.3 Å². The summed E-state index contributed by atoms with van der Waals surface area (Å²) in [5.41, 5.74) is 5.63. The Morgan fingerprint density at radius 3 is 2.72 bits per heavy atom. The first-order valence-electron chi connectivity index (χ1n) is 10.9. The van der Waals surface area contributed by atoms with Gasteiger partial charge in [-0.1, -0.05) is 12.1 Å². The van der Waals surface area contributed by atoms with Crippen molar-refractivity contribution < 1.29 is 9.53 Å². The number of rotatable bonds is 5. The average molecular weight is 428 g/mol. The minimum Gasteiger partial charge on any atom is -0.380 e. The normalized spacial score (nSPS) is 17.3. The predicted molar refractivity (Wildman–Crippen MR) is 119 cm³/mol. The standard InChI is InChI=1S/C24H24N6O2/c1-29-22-17(9-16-3-5-19(6-4-16)30-8-2-7-25-30)10-20(28-21(22)13-26-29)23(31)27-18-11-24(12-18)14-32-15-24/h2-8,10,13,18H,9,11-12,14-15H2,1H3,(H,27,31). The van der Waals surface area contributed by atoms with E-state index in [1.807, 2.05) is 46.9 Å². The number of ether oxygens (including phenoxy) is 1. The van der Waals surface area contributed by atoms with Crippen molar-refractivity contribution in [2.75, 3.05) is 13.2 Å². The van der Waals surface area contributed by atoms with Gasteiger partial charge in [0.25, 0.3) is 5.91 Å². The Labute approximate surface area is 185 Å². The molecule has 8 nitrogen and oxygen atoms in total. The Bertz CT molecular complexity index is 1280. The third-order valence-electron chi connectivity index (χ3n) is 6.62. The Hall–Kier alpha value is -3.52. The first-order chi connectivity index (χ1) is 15.6. The van der Waals surface area contributed by atoms with Gasteiger partial charge in [0.2, 0.25) is 0 Å². The maximum Gasteiger partial charge on any atom is 0.270 e. The summed E-state index contributed by atoms with van der Waals surface area (Å²) in [6.07, 6.45) is 8.07. The number of fused-ring (bicyclic) bond motifs is 1. The molecule has 1 N–H and O–H groups in total. The largest absolute Gasteiger partial charge is 0.380 e. The van der Waals surface area contributed by atoms with Gasteiger partial charge in [0.05, 0.1) is 30.6 Å². The van der Waals surface area contributed by atoms with Crippen molar-refractivity contribution in [1.29, 1.82) is 0 Å². The lowest BCUT2D eigenvalue weighted by Gasteiger charge is -2.53. The van der Waals surface area contributed by atoms with Crippen LogP contribution in [0.3, 0.4) is 0 Å². The molecule has 0 atom stereocenters. The van der Waals surface area contributed by atoms with E-state index in [1.54, 1.807) is 12.4 Å². The van der Waals surface area contributed by atoms with Crippen molar-refractivity contribution in [3.05, 3.63) is 71.8 Å². The van der Waals surface area contributed by atoms with E-state index in [2.05, 4.69) is 32.6 Å². The fourth-order valence-corrected chi connectivity index (χ4v) is 4.91. The number of carbonyl (C=O) groups is 1. The van der Waals surface area contributed by atoms with Crippen LogP contribution < -0.4 is 5.32 Å². The van der Waals surface area contributed by atoms with Crippen molar-refractivity contribution in [1.82, 2.24) is 29.9 Å². The van der Waals surface area contributed by atoms with E-state index in [9.17, 15) is 4.79 Å². The van der Waals surface area contributed by atoms with Crippen LogP contribution in [-0.4, -0.2) is 49.7 Å². The molecule has 1 aliphatic heterocycles. The molecule has 4 aromatic rings. The number of hydrogen-bond acceptors (Lipinski definition) is 5. The third kappa shape index (κ3) is 3.27. The molecule has 6 rings (SSSR count). The molecule has 1 saturated heterocycles. The summed E-state index contributed by atoms with van der Waals surface area (Å²) in [5, 5.41) is 11.8. The summed E-state index contributed by atoms with van der Waals surface area (Å²) in [4.78, 5) is 17.6. The number of amides is 1. The van der Waals surface area contributed by atoms with Crippen molar-refractivity contribution in [3.8, 4) is 5.69 Å². The first kappa shape index (κ1) is 19.2. The summed E-state index contributed by atoms with van der Waals surface area (Å²) < 4.78 is 8.98. The van der Waals surface area contributed by atoms with Gasteiger partial charge < -0.3 is 10.1 Å². The highest BCUT2D eigenvalue weighted by Crippen LogP contribution is 2.46. The minimum atomic E-state index is -0.119. The van der Waals surface area contributed by atoms with Gasteiger partial charge in [-0.3, -0.25) is 9.48 Å². The lowest BCUT2D eigenvalue weighted by Crippen LogP contribution is -2.59. The van der Waals surface area contributed by atoms with Crippen LogP contribution in [0.1, 0.15) is 34.5 Å². The first-order valence-corrected chi connectivity index (χ1v) is 10.9. The van der Waals surface area contributed by atoms with E-state index in [0.29, 0.717) is 17.5 Å². The van der Waals surface area contributed by atoms with Crippen molar-refractivity contribution in [3.63, 3.8) is 0 Å². The lowest BCUT2D eigenvalue weighted by atomic mass is 9.64. The van der Waals surface area contributed by atoms with Gasteiger partial charge in [-0.15, -0.1) is 0 Å². The lowest BCUT2D eigenvalue weighted by molar-refractivity contribution is -0.165. The highest BCUT2D eigenvalue weighted by atomic mass is 16.5. The summed E-state index contributed by atoms with van der Waals surface area (Å²) in [7, 11) is 1.91. The highest BCUT2D eigenvalue weighted by molar-refractivity contribution is 5.95. The molecule has 1 saturated carbocycles. The molecule has 3 aromatic heterocycles. The summed E-state index contributed by atoms with van der Waals surface area (Å²) in [5.74, 6) is -0.119. The molecule has 1 aliphatic carbocycles. The second-order valence-corrected chi connectivity index (χ2v) is 9.03. The fourth-order valence-electron chi connectivity index (χ4n) is 4.91. The monoisotopic (exact) mass is 428 g/mol. The molecule has 1 spiro atoms. The maximum atomic E-state index is 13.0. The van der Waals surface area contributed by atoms with E-state index in [-0.39, 0.29) is 11.9 Å². The van der Waals surface area contributed by atoms with Crippen molar-refractivity contribution in [2.24, 2.45) is 12.5 Å². The molecular formula is C24H24N6O2. The molecule has 1 aromatic carbocycles. The van der Waals surface area contributed by atoms with E-state index < -0.39 is 0 Å². The molecule has 2 aliphatic rings. The number of pyridine rings is 1. The summed E-state index contributed by atoms with van der Waals surface area (Å²) in [6, 6.07) is 12.3. The molecule has 4 heterocycles. The Balaban J connectivity index is 1.25. The zero-order valence-corrected chi connectivity index (χ0v) is 17.9. The van der Waals surface area contributed by atoms with E-state index in [1.165, 1.54) is 0 Å². The third-order valence-corrected chi connectivity index (χ3v) is 6.62. The van der Waals surface area contributed by atoms with Crippen LogP contribution >= 0.6 is 0 Å². The van der Waals surface area contributed by atoms with Crippen molar-refractivity contribution >= 4 is 16.9 Å². The second kappa shape index (κ2) is 7.27. The Morgan fingerprint density at radius 1 is 1.22 bits per heavy atom. The van der Waals surface area contributed by atoms with Crippen LogP contribution in [0.4, 0.5) is 0 Å². The summed E-state index contributed by atoms with van der Waals surface area (Å²) in [6.45, 7) is 1.64. The van der Waals surface area contributed by atoms with Gasteiger partial charge in [-0.2, -0.15) is 10.2 Å². The highest BCUT2D eigenvalue weighted by Gasteiger charge is 2.50. The minimum absolute atomic E-state index is 0.119. The van der Waals surface area contributed by atoms with E-state index in [0.717, 1.165) is 53.9 Å². The number of hydrogen-bond donors (Lipinski definition) is 1. The van der Waals surface area contributed by atoms with Crippen LogP contribution in [-0.2, 0) is 18.2 Å². The smallest absolute Gasteiger partial charge is 0.270 e. The number of nitrogens with one attached hydrogen (secondary N) is 1. The molecule has 1 amide bonds. The van der Waals surface area contributed by atoms with Crippen LogP contribution in [0.25, 0.3) is 16.7 Å². The zero-order chi connectivity index (χ0) is 21.7. The second-order valence-electron chi connectivity index (χ2n) is 9.03. The van der Waals surface area contributed by atoms with E-state index >= 15 is 0 Å². The van der Waals surface area contributed by atoms with Gasteiger partial charge in [0.1, 0.15) is 11.2 Å². The molecule has 0 bridgehead atoms. The molecule has 0 unspecified atom stereocenters. The number of aromatic nitrogens is 5. The molecule has 8 heteroatoms. The molecular weight excluding hydrogens is 404 g/mol. The molecule has 2 fully saturated rings. The SMILES string of the molecule is Cn1ncc2nc(C(=O)NC3CC4(COC4)C3)cc(Cc3ccc(-n4cccn4)cc3)c21.